The van der Waals surface area contributed by atoms with Gasteiger partial charge in [0.2, 0.25) is 0 Å². The quantitative estimate of drug-likeness (QED) is 0.561. The molecule has 58 valence electrons. The molecule has 0 saturated heterocycles. The van der Waals surface area contributed by atoms with Crippen LogP contribution in [0.1, 0.15) is 19.3 Å². The number of carbonyl (C=O) groups is 1. The minimum Gasteiger partial charge on any atom is -0.463 e. The van der Waals surface area contributed by atoms with E-state index >= 15 is 0 Å². The first-order valence-corrected chi connectivity index (χ1v) is 3.57. The van der Waals surface area contributed by atoms with Crippen LogP contribution in [0.15, 0.2) is 0 Å². The molecule has 0 radical (unpaired) electrons. The third-order valence-corrected chi connectivity index (χ3v) is 1.76. The summed E-state index contributed by atoms with van der Waals surface area (Å²) in [7, 11) is 0. The molecule has 3 heteroatoms. The van der Waals surface area contributed by atoms with Gasteiger partial charge in [-0.2, -0.15) is 0 Å². The molecule has 1 aliphatic carbocycles. The molecule has 0 bridgehead atoms. The van der Waals surface area contributed by atoms with E-state index in [4.69, 9.17) is 0 Å². The smallest absolute Gasteiger partial charge is 0.309 e. The Morgan fingerprint density at radius 1 is 1.60 bits per heavy atom. The number of carbonyl (C=O) groups excluding carboxylic acids is 1. The maximum Gasteiger partial charge on any atom is 0.309 e. The van der Waals surface area contributed by atoms with Crippen molar-refractivity contribution in [1.29, 1.82) is 0 Å². The Morgan fingerprint density at radius 2 is 2.30 bits per heavy atom. The lowest BCUT2D eigenvalue weighted by Crippen LogP contribution is -2.24. The van der Waals surface area contributed by atoms with E-state index in [1.54, 1.807) is 0 Å². The molecule has 0 amide bonds. The summed E-state index contributed by atoms with van der Waals surface area (Å²) in [5.41, 5.74) is 0. The summed E-state index contributed by atoms with van der Waals surface area (Å²) in [6, 6.07) is 0. The van der Waals surface area contributed by atoms with Crippen molar-refractivity contribution in [3.63, 3.8) is 0 Å². The summed E-state index contributed by atoms with van der Waals surface area (Å²) in [5.74, 6) is -0.143. The number of alkyl halides is 1. The van der Waals surface area contributed by atoms with Crippen LogP contribution in [0.3, 0.4) is 0 Å². The minimum absolute atomic E-state index is 0.0741. The van der Waals surface area contributed by atoms with Crippen molar-refractivity contribution in [2.45, 2.75) is 19.3 Å². The second-order valence-corrected chi connectivity index (χ2v) is 2.48. The van der Waals surface area contributed by atoms with Gasteiger partial charge in [0.1, 0.15) is 13.3 Å². The van der Waals surface area contributed by atoms with Crippen LogP contribution in [0, 0.1) is 5.92 Å². The average Bonchev–Trinajstić information content (AvgIpc) is 1.79. The summed E-state index contributed by atoms with van der Waals surface area (Å²) in [5, 5.41) is 0. The molecular formula is C7H11FO2. The topological polar surface area (TPSA) is 26.3 Å². The highest BCUT2D eigenvalue weighted by molar-refractivity contribution is 5.73. The number of hydrogen-bond donors (Lipinski definition) is 0. The fourth-order valence-corrected chi connectivity index (χ4v) is 0.901. The van der Waals surface area contributed by atoms with Crippen molar-refractivity contribution < 1.29 is 13.9 Å². The maximum absolute atomic E-state index is 11.5. The Morgan fingerprint density at radius 3 is 2.70 bits per heavy atom. The number of halogens is 1. The second-order valence-electron chi connectivity index (χ2n) is 2.48. The number of rotatable bonds is 3. The highest BCUT2D eigenvalue weighted by atomic mass is 19.1. The Hall–Kier alpha value is -0.600. The zero-order valence-corrected chi connectivity index (χ0v) is 5.81. The maximum atomic E-state index is 11.5. The van der Waals surface area contributed by atoms with E-state index < -0.39 is 6.67 Å². The van der Waals surface area contributed by atoms with E-state index in [1.807, 2.05) is 0 Å². The molecule has 0 atom stereocenters. The monoisotopic (exact) mass is 146 g/mol. The fourth-order valence-electron chi connectivity index (χ4n) is 0.901. The van der Waals surface area contributed by atoms with Gasteiger partial charge >= 0.3 is 5.97 Å². The predicted octanol–water partition coefficient (Wildman–Crippen LogP) is 1.30. The molecule has 1 rings (SSSR count). The number of esters is 1. The fraction of sp³-hybridized carbons (Fsp3) is 0.857. The van der Waals surface area contributed by atoms with Crippen molar-refractivity contribution in [1.82, 2.24) is 0 Å². The summed E-state index contributed by atoms with van der Waals surface area (Å²) in [6.07, 6.45) is 2.95. The van der Waals surface area contributed by atoms with Crippen molar-refractivity contribution in [2.24, 2.45) is 5.92 Å². The molecule has 0 unspecified atom stereocenters. The van der Waals surface area contributed by atoms with Crippen molar-refractivity contribution in [3.05, 3.63) is 0 Å². The van der Waals surface area contributed by atoms with Gasteiger partial charge in [-0.05, 0) is 12.8 Å². The van der Waals surface area contributed by atoms with Gasteiger partial charge in [0.15, 0.2) is 0 Å². The van der Waals surface area contributed by atoms with Gasteiger partial charge in [0.25, 0.3) is 0 Å². The number of ether oxygens (including phenoxy) is 1. The van der Waals surface area contributed by atoms with E-state index in [-0.39, 0.29) is 18.5 Å². The van der Waals surface area contributed by atoms with Gasteiger partial charge in [-0.3, -0.25) is 4.79 Å². The van der Waals surface area contributed by atoms with Gasteiger partial charge in [0, 0.05) is 0 Å². The van der Waals surface area contributed by atoms with E-state index in [9.17, 15) is 9.18 Å². The van der Waals surface area contributed by atoms with Crippen LogP contribution in [0.5, 0.6) is 0 Å². The van der Waals surface area contributed by atoms with Crippen molar-refractivity contribution >= 4 is 5.97 Å². The van der Waals surface area contributed by atoms with E-state index in [2.05, 4.69) is 4.74 Å². The second kappa shape index (κ2) is 3.54. The highest BCUT2D eigenvalue weighted by Gasteiger charge is 2.26. The lowest BCUT2D eigenvalue weighted by Gasteiger charge is -2.22. The van der Waals surface area contributed by atoms with Crippen LogP contribution in [-0.2, 0) is 9.53 Å². The van der Waals surface area contributed by atoms with Gasteiger partial charge in [-0.15, -0.1) is 0 Å². The van der Waals surface area contributed by atoms with Gasteiger partial charge < -0.3 is 4.74 Å². The Balaban J connectivity index is 2.08. The molecule has 0 aromatic carbocycles. The molecule has 1 fully saturated rings. The van der Waals surface area contributed by atoms with Gasteiger partial charge in [-0.25, -0.2) is 4.39 Å². The first kappa shape index (κ1) is 7.51. The lowest BCUT2D eigenvalue weighted by atomic mass is 9.86. The van der Waals surface area contributed by atoms with Crippen LogP contribution in [0.4, 0.5) is 4.39 Å². The zero-order valence-electron chi connectivity index (χ0n) is 5.81. The molecule has 1 aliphatic rings. The summed E-state index contributed by atoms with van der Waals surface area (Å²) in [6.45, 7) is -0.645. The van der Waals surface area contributed by atoms with E-state index in [0.717, 1.165) is 19.3 Å². The molecule has 0 spiro atoms. The Bertz CT molecular complexity index is 121. The molecule has 2 nitrogen and oxygen atoms in total. The van der Waals surface area contributed by atoms with Crippen LogP contribution in [0.2, 0.25) is 0 Å². The molecule has 10 heavy (non-hydrogen) atoms. The molecular weight excluding hydrogens is 135 g/mol. The van der Waals surface area contributed by atoms with E-state index in [1.165, 1.54) is 0 Å². The van der Waals surface area contributed by atoms with Crippen LogP contribution in [0.25, 0.3) is 0 Å². The van der Waals surface area contributed by atoms with Crippen molar-refractivity contribution in [3.8, 4) is 0 Å². The standard InChI is InChI=1S/C7H11FO2/c8-4-5-10-7(9)6-2-1-3-6/h6H,1-5H2. The molecule has 0 aromatic rings. The van der Waals surface area contributed by atoms with Crippen LogP contribution >= 0.6 is 0 Å². The van der Waals surface area contributed by atoms with Crippen LogP contribution in [-0.4, -0.2) is 19.3 Å². The molecule has 0 aromatic heterocycles. The third kappa shape index (κ3) is 1.69. The third-order valence-electron chi connectivity index (χ3n) is 1.76. The Kier molecular flexibility index (Phi) is 2.66. The average molecular weight is 146 g/mol. The van der Waals surface area contributed by atoms with Gasteiger partial charge in [0.05, 0.1) is 5.92 Å². The molecule has 1 saturated carbocycles. The first-order chi connectivity index (χ1) is 4.84. The molecule has 0 heterocycles. The predicted molar refractivity (Wildman–Crippen MR) is 34.3 cm³/mol. The highest BCUT2D eigenvalue weighted by Crippen LogP contribution is 2.27. The number of hydrogen-bond acceptors (Lipinski definition) is 2. The van der Waals surface area contributed by atoms with E-state index in [0.29, 0.717) is 0 Å². The summed E-state index contributed by atoms with van der Waals surface area (Å²) < 4.78 is 16.0. The Labute approximate surface area is 59.4 Å². The normalized spacial score (nSPS) is 18.1. The zero-order chi connectivity index (χ0) is 7.40. The first-order valence-electron chi connectivity index (χ1n) is 3.57. The lowest BCUT2D eigenvalue weighted by molar-refractivity contribution is -0.151. The molecule has 0 N–H and O–H groups in total. The SMILES string of the molecule is O=C(OCCF)C1CCC1. The van der Waals surface area contributed by atoms with Crippen LogP contribution < -0.4 is 0 Å². The van der Waals surface area contributed by atoms with Crippen molar-refractivity contribution in [2.75, 3.05) is 13.3 Å². The summed E-state index contributed by atoms with van der Waals surface area (Å²) in [4.78, 5) is 10.8. The van der Waals surface area contributed by atoms with Gasteiger partial charge in [-0.1, -0.05) is 6.42 Å². The largest absolute Gasteiger partial charge is 0.463 e. The molecule has 0 aliphatic heterocycles. The summed E-state index contributed by atoms with van der Waals surface area (Å²) >= 11 is 0. The minimum atomic E-state index is -0.571.